The number of amides is 2. The normalized spacial score (nSPS) is 15.8. The predicted molar refractivity (Wildman–Crippen MR) is 230 cm³/mol. The van der Waals surface area contributed by atoms with E-state index < -0.39 is 5.97 Å². The number of carbonyl (C=O) groups is 4. The highest BCUT2D eigenvalue weighted by molar-refractivity contribution is 6.35. The Balaban J connectivity index is 0.000000169. The predicted octanol–water partition coefficient (Wildman–Crippen LogP) is 10.3. The number of fused-ring (bicyclic) bond motifs is 2. The van der Waals surface area contributed by atoms with Gasteiger partial charge in [-0.3, -0.25) is 14.4 Å². The molecule has 0 saturated carbocycles. The van der Waals surface area contributed by atoms with Gasteiger partial charge in [0.15, 0.2) is 5.78 Å². The van der Waals surface area contributed by atoms with E-state index >= 15 is 0 Å². The SMILES string of the molecule is Cc1cc(-c2cccc(C(=O)CCCN3CCCC3)c2)oc1/C=C1/C(=O)Nc2ccccc21.Cc1cc(-c2cccc(C(=O)O)c2)oc1/C=C1/C(=O)Nc2ccccc21. The summed E-state index contributed by atoms with van der Waals surface area (Å²) in [6.07, 6.45) is 7.52. The van der Waals surface area contributed by atoms with Gasteiger partial charge in [0.2, 0.25) is 0 Å². The van der Waals surface area contributed by atoms with Gasteiger partial charge in [-0.2, -0.15) is 0 Å². The fourth-order valence-corrected chi connectivity index (χ4v) is 7.66. The number of nitrogens with one attached hydrogen (secondary N) is 2. The van der Waals surface area contributed by atoms with Crippen LogP contribution in [0.15, 0.2) is 118 Å². The van der Waals surface area contributed by atoms with Crippen molar-refractivity contribution < 1.29 is 33.1 Å². The highest BCUT2D eigenvalue weighted by Crippen LogP contribution is 2.37. The molecule has 0 aliphatic carbocycles. The van der Waals surface area contributed by atoms with E-state index in [0.29, 0.717) is 51.7 Å². The van der Waals surface area contributed by atoms with Crippen molar-refractivity contribution in [3.8, 4) is 22.6 Å². The number of Topliss-reactive ketones (excluding diaryl/α,β-unsaturated/α-hetero) is 1. The number of carbonyl (C=O) groups excluding carboxylic acids is 3. The van der Waals surface area contributed by atoms with Crippen molar-refractivity contribution >= 4 is 58.2 Å². The van der Waals surface area contributed by atoms with Crippen molar-refractivity contribution in [1.82, 2.24) is 4.90 Å². The van der Waals surface area contributed by atoms with Crippen LogP contribution < -0.4 is 10.6 Å². The fraction of sp³-hybridized carbons (Fsp3) is 0.184. The molecule has 59 heavy (non-hydrogen) atoms. The molecule has 0 atom stereocenters. The molecule has 0 bridgehead atoms. The first kappa shape index (κ1) is 38.8. The van der Waals surface area contributed by atoms with Crippen molar-refractivity contribution in [3.63, 3.8) is 0 Å². The summed E-state index contributed by atoms with van der Waals surface area (Å²) in [7, 11) is 0. The van der Waals surface area contributed by atoms with E-state index in [4.69, 9.17) is 13.9 Å². The number of carboxylic acid groups (broad SMARTS) is 1. The molecule has 3 aliphatic heterocycles. The zero-order valence-corrected chi connectivity index (χ0v) is 32.8. The number of furan rings is 2. The van der Waals surface area contributed by atoms with Crippen LogP contribution in [-0.4, -0.2) is 53.2 Å². The second-order valence-electron chi connectivity index (χ2n) is 15.0. The van der Waals surface area contributed by atoms with Crippen molar-refractivity contribution in [2.75, 3.05) is 30.3 Å². The van der Waals surface area contributed by atoms with E-state index in [1.165, 1.54) is 18.9 Å². The van der Waals surface area contributed by atoms with E-state index in [-0.39, 0.29) is 23.2 Å². The minimum atomic E-state index is -0.989. The molecule has 5 heterocycles. The molecule has 3 aliphatic rings. The van der Waals surface area contributed by atoms with E-state index in [2.05, 4.69) is 15.5 Å². The van der Waals surface area contributed by atoms with Crippen LogP contribution in [0.25, 0.3) is 45.9 Å². The number of hydrogen-bond acceptors (Lipinski definition) is 7. The zero-order valence-electron chi connectivity index (χ0n) is 32.8. The molecule has 3 N–H and O–H groups in total. The number of aromatic carboxylic acids is 1. The molecular formula is C49H43N3O7. The number of anilines is 2. The summed E-state index contributed by atoms with van der Waals surface area (Å²) in [4.78, 5) is 51.1. The van der Waals surface area contributed by atoms with Gasteiger partial charge in [0.1, 0.15) is 23.0 Å². The number of likely N-dealkylation sites (tertiary alicyclic amines) is 1. The van der Waals surface area contributed by atoms with Crippen molar-refractivity contribution in [2.24, 2.45) is 0 Å². The minimum Gasteiger partial charge on any atom is -0.478 e. The third-order valence-corrected chi connectivity index (χ3v) is 10.8. The van der Waals surface area contributed by atoms with Crippen LogP contribution in [0, 0.1) is 13.8 Å². The third kappa shape index (κ3) is 8.49. The summed E-state index contributed by atoms with van der Waals surface area (Å²) in [5.41, 5.74) is 8.70. The summed E-state index contributed by atoms with van der Waals surface area (Å²) in [6, 6.07) is 33.1. The Morgan fingerprint density at radius 2 is 1.15 bits per heavy atom. The average molecular weight is 786 g/mol. The summed E-state index contributed by atoms with van der Waals surface area (Å²) in [5, 5.41) is 14.9. The summed E-state index contributed by atoms with van der Waals surface area (Å²) in [6.45, 7) is 7.17. The molecule has 0 spiro atoms. The second kappa shape index (κ2) is 16.8. The van der Waals surface area contributed by atoms with Crippen LogP contribution in [0.3, 0.4) is 0 Å². The van der Waals surface area contributed by atoms with Gasteiger partial charge in [-0.15, -0.1) is 0 Å². The second-order valence-corrected chi connectivity index (χ2v) is 15.0. The van der Waals surface area contributed by atoms with Crippen LogP contribution in [0.2, 0.25) is 0 Å². The number of carboxylic acids is 1. The Labute approximate surface area is 341 Å². The molecule has 0 radical (unpaired) electrons. The number of ketones is 1. The molecular weight excluding hydrogens is 743 g/mol. The number of aryl methyl sites for hydroxylation is 2. The van der Waals surface area contributed by atoms with Gasteiger partial charge >= 0.3 is 5.97 Å². The lowest BCUT2D eigenvalue weighted by atomic mass is 10.0. The smallest absolute Gasteiger partial charge is 0.335 e. The highest BCUT2D eigenvalue weighted by Gasteiger charge is 2.26. The van der Waals surface area contributed by atoms with Gasteiger partial charge in [0.05, 0.1) is 16.7 Å². The van der Waals surface area contributed by atoms with Crippen LogP contribution in [-0.2, 0) is 9.59 Å². The Hall–Kier alpha value is -7.04. The number of hydrogen-bond donors (Lipinski definition) is 3. The molecule has 9 rings (SSSR count). The maximum Gasteiger partial charge on any atom is 0.335 e. The summed E-state index contributed by atoms with van der Waals surface area (Å²) in [5.74, 6) is 1.35. The Morgan fingerprint density at radius 1 is 0.661 bits per heavy atom. The Bertz CT molecular complexity index is 2670. The monoisotopic (exact) mass is 785 g/mol. The number of para-hydroxylation sites is 2. The molecule has 1 saturated heterocycles. The van der Waals surface area contributed by atoms with Gasteiger partial charge in [-0.05, 0) is 118 Å². The number of nitrogens with zero attached hydrogens (tertiary/aromatic N) is 1. The molecule has 2 aromatic heterocycles. The van der Waals surface area contributed by atoms with Crippen LogP contribution in [0.4, 0.5) is 11.4 Å². The van der Waals surface area contributed by atoms with Gasteiger partial charge in [-0.1, -0.05) is 66.7 Å². The van der Waals surface area contributed by atoms with Gasteiger partial charge in [-0.25, -0.2) is 4.79 Å². The van der Waals surface area contributed by atoms with Crippen LogP contribution >= 0.6 is 0 Å². The lowest BCUT2D eigenvalue weighted by Crippen LogP contribution is -2.21. The molecule has 10 nitrogen and oxygen atoms in total. The topological polar surface area (TPSA) is 142 Å². The fourth-order valence-electron chi connectivity index (χ4n) is 7.66. The standard InChI is InChI=1S/C28H28N2O3.C21H15NO4/c1-19-16-27(33-26(19)18-23-22-10-2-3-11-24(22)29-28(23)32)21-9-6-8-20(17-21)25(31)12-7-15-30-13-4-5-14-30;1-12-9-19(13-5-4-6-14(10-13)21(24)25)26-18(12)11-16-15-7-2-3-8-17(15)22-20(16)23/h2-3,6,8-11,16-18H,4-5,7,12-15H2,1H3,(H,29,32);2-11H,1H3,(H,22,23)(H,24,25)/b23-18+;16-11+. The quantitative estimate of drug-likeness (QED) is 0.0920. The largest absolute Gasteiger partial charge is 0.478 e. The Kier molecular flexibility index (Phi) is 11.1. The molecule has 2 amide bonds. The van der Waals surface area contributed by atoms with Gasteiger partial charge in [0.25, 0.3) is 11.8 Å². The summed E-state index contributed by atoms with van der Waals surface area (Å²) >= 11 is 0. The number of benzene rings is 4. The molecule has 6 aromatic rings. The van der Waals surface area contributed by atoms with Gasteiger partial charge < -0.3 is 29.5 Å². The maximum atomic E-state index is 12.8. The third-order valence-electron chi connectivity index (χ3n) is 10.8. The molecule has 4 aromatic carbocycles. The lowest BCUT2D eigenvalue weighted by Gasteiger charge is -2.13. The first-order chi connectivity index (χ1) is 28.6. The first-order valence-corrected chi connectivity index (χ1v) is 19.8. The van der Waals surface area contributed by atoms with E-state index in [0.717, 1.165) is 65.2 Å². The average Bonchev–Trinajstić information content (AvgIpc) is 4.09. The Morgan fingerprint density at radius 3 is 1.68 bits per heavy atom. The highest BCUT2D eigenvalue weighted by atomic mass is 16.4. The zero-order chi connectivity index (χ0) is 41.0. The van der Waals surface area contributed by atoms with E-state index in [1.807, 2.05) is 98.8 Å². The molecule has 0 unspecified atom stereocenters. The first-order valence-electron chi connectivity index (χ1n) is 19.8. The lowest BCUT2D eigenvalue weighted by molar-refractivity contribution is -0.111. The number of rotatable bonds is 10. The van der Waals surface area contributed by atoms with Crippen molar-refractivity contribution in [3.05, 3.63) is 154 Å². The summed E-state index contributed by atoms with van der Waals surface area (Å²) < 4.78 is 12.0. The van der Waals surface area contributed by atoms with Crippen molar-refractivity contribution in [2.45, 2.75) is 39.5 Å². The molecule has 1 fully saturated rings. The van der Waals surface area contributed by atoms with Crippen molar-refractivity contribution in [1.29, 1.82) is 0 Å². The van der Waals surface area contributed by atoms with Crippen LogP contribution in [0.5, 0.6) is 0 Å². The molecule has 10 heteroatoms. The van der Waals surface area contributed by atoms with E-state index in [1.54, 1.807) is 30.4 Å². The maximum absolute atomic E-state index is 12.8. The van der Waals surface area contributed by atoms with Gasteiger partial charge in [0, 0.05) is 45.6 Å². The van der Waals surface area contributed by atoms with E-state index in [9.17, 15) is 19.2 Å². The minimum absolute atomic E-state index is 0.130. The molecule has 296 valence electrons. The van der Waals surface area contributed by atoms with Crippen LogP contribution in [0.1, 0.15) is 80.2 Å².